The van der Waals surface area contributed by atoms with Crippen molar-refractivity contribution in [1.29, 1.82) is 5.26 Å². The molecule has 0 saturated heterocycles. The Balaban J connectivity index is 1.77. The SMILES string of the molecule is CNc1sc(C#N)c2c1-c1nc(Nc3ccc(O)cc3)ncc1CC2. The lowest BCUT2D eigenvalue weighted by Crippen LogP contribution is -2.09. The molecule has 0 bridgehead atoms. The van der Waals surface area contributed by atoms with Crippen molar-refractivity contribution in [2.75, 3.05) is 17.7 Å². The van der Waals surface area contributed by atoms with Crippen LogP contribution in [0, 0.1) is 11.3 Å². The molecule has 124 valence electrons. The predicted molar refractivity (Wildman–Crippen MR) is 98.4 cm³/mol. The Hall–Kier alpha value is -3.11. The number of rotatable bonds is 3. The number of aromatic nitrogens is 2. The molecule has 0 saturated carbocycles. The summed E-state index contributed by atoms with van der Waals surface area (Å²) in [7, 11) is 1.86. The molecular weight excluding hydrogens is 334 g/mol. The molecule has 1 aliphatic rings. The highest BCUT2D eigenvalue weighted by Gasteiger charge is 2.26. The first-order chi connectivity index (χ1) is 12.2. The van der Waals surface area contributed by atoms with Gasteiger partial charge in [0.2, 0.25) is 5.95 Å². The highest BCUT2D eigenvalue weighted by atomic mass is 32.1. The molecule has 0 spiro atoms. The molecule has 0 amide bonds. The summed E-state index contributed by atoms with van der Waals surface area (Å²) in [5, 5.41) is 26.1. The zero-order chi connectivity index (χ0) is 17.4. The maximum Gasteiger partial charge on any atom is 0.227 e. The molecule has 2 aromatic heterocycles. The first-order valence-corrected chi connectivity index (χ1v) is 8.67. The third kappa shape index (κ3) is 2.66. The monoisotopic (exact) mass is 349 g/mol. The Morgan fingerprint density at radius 1 is 1.24 bits per heavy atom. The van der Waals surface area contributed by atoms with E-state index in [0.29, 0.717) is 5.95 Å². The van der Waals surface area contributed by atoms with Gasteiger partial charge < -0.3 is 15.7 Å². The van der Waals surface area contributed by atoms with E-state index in [0.717, 1.165) is 50.8 Å². The number of benzene rings is 1. The van der Waals surface area contributed by atoms with Crippen LogP contribution in [0.2, 0.25) is 0 Å². The van der Waals surface area contributed by atoms with Crippen molar-refractivity contribution in [3.8, 4) is 23.1 Å². The topological polar surface area (TPSA) is 93.9 Å². The molecule has 7 heteroatoms. The second-order valence-corrected chi connectivity index (χ2v) is 6.74. The number of hydrogen-bond acceptors (Lipinski definition) is 7. The average molecular weight is 349 g/mol. The van der Waals surface area contributed by atoms with E-state index in [2.05, 4.69) is 21.7 Å². The van der Waals surface area contributed by atoms with Gasteiger partial charge in [0.1, 0.15) is 16.7 Å². The van der Waals surface area contributed by atoms with E-state index in [1.165, 1.54) is 11.3 Å². The molecule has 1 aromatic carbocycles. The number of phenols is 1. The van der Waals surface area contributed by atoms with Crippen molar-refractivity contribution in [3.05, 3.63) is 46.5 Å². The summed E-state index contributed by atoms with van der Waals surface area (Å²) in [5.74, 6) is 0.701. The van der Waals surface area contributed by atoms with Crippen LogP contribution in [-0.2, 0) is 12.8 Å². The highest BCUT2D eigenvalue weighted by Crippen LogP contribution is 2.44. The Morgan fingerprint density at radius 2 is 2.04 bits per heavy atom. The Kier molecular flexibility index (Phi) is 3.75. The lowest BCUT2D eigenvalue weighted by Gasteiger charge is -2.18. The van der Waals surface area contributed by atoms with Gasteiger partial charge in [-0.2, -0.15) is 5.26 Å². The third-order valence-corrected chi connectivity index (χ3v) is 5.36. The maximum absolute atomic E-state index is 9.39. The number of fused-ring (bicyclic) bond motifs is 3. The molecule has 4 rings (SSSR count). The Bertz CT molecular complexity index is 988. The first-order valence-electron chi connectivity index (χ1n) is 7.85. The van der Waals surface area contributed by atoms with Crippen molar-refractivity contribution < 1.29 is 5.11 Å². The number of nitriles is 1. The molecule has 0 aliphatic heterocycles. The van der Waals surface area contributed by atoms with E-state index in [1.54, 1.807) is 24.3 Å². The van der Waals surface area contributed by atoms with Crippen LogP contribution >= 0.6 is 11.3 Å². The molecule has 0 unspecified atom stereocenters. The van der Waals surface area contributed by atoms with E-state index >= 15 is 0 Å². The standard InChI is InChI=1S/C18H15N5OS/c1-20-17-15-13(14(8-19)25-17)7-2-10-9-21-18(23-16(10)15)22-11-3-5-12(24)6-4-11/h3-6,9,20,24H,2,7H2,1H3,(H,21,22,23). The van der Waals surface area contributed by atoms with Gasteiger partial charge in [-0.1, -0.05) is 0 Å². The van der Waals surface area contributed by atoms with Crippen molar-refractivity contribution >= 4 is 28.0 Å². The van der Waals surface area contributed by atoms with E-state index in [1.807, 2.05) is 13.2 Å². The molecular formula is C18H15N5OS. The minimum absolute atomic E-state index is 0.211. The average Bonchev–Trinajstić information content (AvgIpc) is 3.02. The second-order valence-electron chi connectivity index (χ2n) is 5.71. The number of anilines is 3. The zero-order valence-corrected chi connectivity index (χ0v) is 14.3. The molecule has 3 N–H and O–H groups in total. The number of aromatic hydroxyl groups is 1. The number of thiophene rings is 1. The summed E-state index contributed by atoms with van der Waals surface area (Å²) in [5.41, 5.74) is 4.84. The third-order valence-electron chi connectivity index (χ3n) is 4.20. The number of aryl methyl sites for hydroxylation is 1. The van der Waals surface area contributed by atoms with E-state index in [4.69, 9.17) is 4.98 Å². The van der Waals surface area contributed by atoms with Gasteiger partial charge in [0.05, 0.1) is 10.7 Å². The molecule has 6 nitrogen and oxygen atoms in total. The van der Waals surface area contributed by atoms with Crippen LogP contribution in [0.5, 0.6) is 5.75 Å². The van der Waals surface area contributed by atoms with E-state index in [9.17, 15) is 10.4 Å². The summed E-state index contributed by atoms with van der Waals surface area (Å²) in [6, 6.07) is 9.04. The molecule has 0 fully saturated rings. The fourth-order valence-corrected chi connectivity index (χ4v) is 4.02. The lowest BCUT2D eigenvalue weighted by molar-refractivity contribution is 0.475. The van der Waals surface area contributed by atoms with Gasteiger partial charge in [-0.25, -0.2) is 9.97 Å². The quantitative estimate of drug-likeness (QED) is 0.625. The summed E-state index contributed by atoms with van der Waals surface area (Å²) < 4.78 is 0. The summed E-state index contributed by atoms with van der Waals surface area (Å²) in [6.07, 6.45) is 3.51. The zero-order valence-electron chi connectivity index (χ0n) is 13.5. The van der Waals surface area contributed by atoms with Crippen molar-refractivity contribution in [3.63, 3.8) is 0 Å². The number of hydrogen-bond donors (Lipinski definition) is 3. The Morgan fingerprint density at radius 3 is 2.76 bits per heavy atom. The summed E-state index contributed by atoms with van der Waals surface area (Å²) in [6.45, 7) is 0. The number of nitrogens with zero attached hydrogens (tertiary/aromatic N) is 3. The van der Waals surface area contributed by atoms with Gasteiger partial charge in [-0.15, -0.1) is 11.3 Å². The van der Waals surface area contributed by atoms with Crippen LogP contribution < -0.4 is 10.6 Å². The lowest BCUT2D eigenvalue weighted by atomic mass is 9.91. The fraction of sp³-hybridized carbons (Fsp3) is 0.167. The Labute approximate surface area is 148 Å². The molecule has 3 aromatic rings. The smallest absolute Gasteiger partial charge is 0.227 e. The van der Waals surface area contributed by atoms with Crippen molar-refractivity contribution in [2.45, 2.75) is 12.8 Å². The van der Waals surface area contributed by atoms with Gasteiger partial charge in [0, 0.05) is 24.5 Å². The molecule has 2 heterocycles. The van der Waals surface area contributed by atoms with E-state index < -0.39 is 0 Å². The molecule has 0 atom stereocenters. The van der Waals surface area contributed by atoms with E-state index in [-0.39, 0.29) is 5.75 Å². The van der Waals surface area contributed by atoms with Gasteiger partial charge in [0.25, 0.3) is 0 Å². The largest absolute Gasteiger partial charge is 0.508 e. The van der Waals surface area contributed by atoms with Crippen LogP contribution in [0.3, 0.4) is 0 Å². The molecule has 1 aliphatic carbocycles. The van der Waals surface area contributed by atoms with Crippen LogP contribution in [0.25, 0.3) is 11.3 Å². The van der Waals surface area contributed by atoms with Gasteiger partial charge >= 0.3 is 0 Å². The summed E-state index contributed by atoms with van der Waals surface area (Å²) in [4.78, 5) is 9.85. The minimum atomic E-state index is 0.211. The van der Waals surface area contributed by atoms with Crippen LogP contribution in [0.15, 0.2) is 30.5 Å². The van der Waals surface area contributed by atoms with Crippen LogP contribution in [0.4, 0.5) is 16.6 Å². The highest BCUT2D eigenvalue weighted by molar-refractivity contribution is 7.17. The second kappa shape index (κ2) is 6.07. The van der Waals surface area contributed by atoms with Crippen molar-refractivity contribution in [1.82, 2.24) is 9.97 Å². The van der Waals surface area contributed by atoms with Gasteiger partial charge in [-0.05, 0) is 48.2 Å². The maximum atomic E-state index is 9.39. The summed E-state index contributed by atoms with van der Waals surface area (Å²) >= 11 is 1.47. The van der Waals surface area contributed by atoms with Gasteiger partial charge in [-0.3, -0.25) is 0 Å². The first kappa shape index (κ1) is 15.4. The fourth-order valence-electron chi connectivity index (χ4n) is 3.02. The molecule has 25 heavy (non-hydrogen) atoms. The van der Waals surface area contributed by atoms with Crippen LogP contribution in [-0.4, -0.2) is 22.1 Å². The molecule has 0 radical (unpaired) electrons. The van der Waals surface area contributed by atoms with Crippen LogP contribution in [0.1, 0.15) is 16.0 Å². The number of phenolic OH excluding ortho intramolecular Hbond substituents is 1. The minimum Gasteiger partial charge on any atom is -0.508 e. The normalized spacial score (nSPS) is 12.0. The predicted octanol–water partition coefficient (Wildman–Crippen LogP) is 3.67. The number of nitrogens with one attached hydrogen (secondary N) is 2. The van der Waals surface area contributed by atoms with Gasteiger partial charge in [0.15, 0.2) is 0 Å². The van der Waals surface area contributed by atoms with Crippen molar-refractivity contribution in [2.24, 2.45) is 0 Å².